The molecule has 2 aromatic rings. The maximum absolute atomic E-state index is 13.6. The minimum Gasteiger partial charge on any atom is -0.495 e. The molecule has 3 rings (SSSR count). The molecule has 8 nitrogen and oxygen atoms in total. The molecule has 1 fully saturated rings. The highest BCUT2D eigenvalue weighted by Gasteiger charge is 2.31. The summed E-state index contributed by atoms with van der Waals surface area (Å²) in [4.78, 5) is 28.0. The number of amides is 2. The molecular weight excluding hydrogens is 525 g/mol. The lowest BCUT2D eigenvalue weighted by Gasteiger charge is -2.32. The van der Waals surface area contributed by atoms with Crippen molar-refractivity contribution >= 4 is 50.7 Å². The quantitative estimate of drug-likeness (QED) is 0.472. The summed E-state index contributed by atoms with van der Waals surface area (Å²) in [6, 6.07) is 10.7. The Hall–Kier alpha value is -2.49. The molecule has 2 amide bonds. The summed E-state index contributed by atoms with van der Waals surface area (Å²) in [7, 11) is -2.41. The van der Waals surface area contributed by atoms with Gasteiger partial charge in [-0.1, -0.05) is 48.2 Å². The molecule has 1 N–H and O–H groups in total. The predicted octanol–water partition coefficient (Wildman–Crippen LogP) is 4.24. The van der Waals surface area contributed by atoms with Gasteiger partial charge in [-0.2, -0.15) is 0 Å². The molecule has 0 unspecified atom stereocenters. The normalized spacial score (nSPS) is 14.8. The maximum atomic E-state index is 13.6. The largest absolute Gasteiger partial charge is 0.495 e. The van der Waals surface area contributed by atoms with Crippen LogP contribution in [0, 0.1) is 0 Å². The van der Waals surface area contributed by atoms with Crippen LogP contribution in [0.5, 0.6) is 5.75 Å². The zero-order valence-corrected chi connectivity index (χ0v) is 22.9. The van der Waals surface area contributed by atoms with Gasteiger partial charge in [0.15, 0.2) is 0 Å². The molecule has 0 bridgehead atoms. The average Bonchev–Trinajstić information content (AvgIpc) is 3.33. The van der Waals surface area contributed by atoms with Crippen LogP contribution in [0.15, 0.2) is 42.5 Å². The number of methoxy groups -OCH3 is 1. The van der Waals surface area contributed by atoms with E-state index in [1.807, 2.05) is 0 Å². The highest BCUT2D eigenvalue weighted by molar-refractivity contribution is 7.92. The lowest BCUT2D eigenvalue weighted by molar-refractivity contribution is -0.139. The maximum Gasteiger partial charge on any atom is 0.244 e. The van der Waals surface area contributed by atoms with Gasteiger partial charge in [-0.25, -0.2) is 8.42 Å². The molecule has 11 heteroatoms. The smallest absolute Gasteiger partial charge is 0.244 e. The van der Waals surface area contributed by atoms with Crippen LogP contribution < -0.4 is 14.4 Å². The van der Waals surface area contributed by atoms with Crippen LogP contribution in [0.2, 0.25) is 10.0 Å². The molecular formula is C25H31Cl2N3O5S. The number of anilines is 1. The van der Waals surface area contributed by atoms with Crippen LogP contribution in [0.4, 0.5) is 5.69 Å². The third kappa shape index (κ3) is 7.27. The summed E-state index contributed by atoms with van der Waals surface area (Å²) in [5.41, 5.74) is 0.970. The van der Waals surface area contributed by atoms with E-state index in [4.69, 9.17) is 27.9 Å². The monoisotopic (exact) mass is 555 g/mol. The van der Waals surface area contributed by atoms with Crippen LogP contribution in [0.3, 0.4) is 0 Å². The van der Waals surface area contributed by atoms with E-state index in [2.05, 4.69) is 5.32 Å². The number of nitrogens with one attached hydrogen (secondary N) is 1. The van der Waals surface area contributed by atoms with Gasteiger partial charge in [0.05, 0.1) is 24.1 Å². The molecule has 1 atom stereocenters. The van der Waals surface area contributed by atoms with Crippen LogP contribution in [0.1, 0.15) is 38.2 Å². The standard InChI is InChI=1S/C25H31Cl2N3O5S/c1-17(25(32)28-20-6-4-5-7-20)29(15-18-8-10-19(26)11-9-18)24(31)16-30(36(3,33)34)21-12-13-23(35-2)22(27)14-21/h8-14,17,20H,4-7,15-16H2,1-3H3,(H,28,32)/t17-/m0/s1. The Balaban J connectivity index is 1.89. The number of carbonyl (C=O) groups is 2. The molecule has 1 saturated carbocycles. The van der Waals surface area contributed by atoms with Gasteiger partial charge in [0.25, 0.3) is 0 Å². The Morgan fingerprint density at radius 3 is 2.31 bits per heavy atom. The van der Waals surface area contributed by atoms with Crippen molar-refractivity contribution in [3.8, 4) is 5.75 Å². The Bertz CT molecular complexity index is 1180. The number of rotatable bonds is 10. The van der Waals surface area contributed by atoms with Crippen molar-refractivity contribution < 1.29 is 22.7 Å². The van der Waals surface area contributed by atoms with Crippen LogP contribution in [-0.4, -0.2) is 57.1 Å². The van der Waals surface area contributed by atoms with Gasteiger partial charge in [0, 0.05) is 17.6 Å². The number of hydrogen-bond donors (Lipinski definition) is 1. The first kappa shape index (κ1) is 28.1. The van der Waals surface area contributed by atoms with Crippen molar-refractivity contribution in [3.05, 3.63) is 58.1 Å². The van der Waals surface area contributed by atoms with Gasteiger partial charge in [0.2, 0.25) is 21.8 Å². The number of nitrogens with zero attached hydrogens (tertiary/aromatic N) is 2. The van der Waals surface area contributed by atoms with Gasteiger partial charge >= 0.3 is 0 Å². The van der Waals surface area contributed by atoms with Gasteiger partial charge in [-0.15, -0.1) is 0 Å². The van der Waals surface area contributed by atoms with Gasteiger partial charge in [0.1, 0.15) is 18.3 Å². The minimum absolute atomic E-state index is 0.0846. The highest BCUT2D eigenvalue weighted by atomic mass is 35.5. The summed E-state index contributed by atoms with van der Waals surface area (Å²) >= 11 is 12.2. The lowest BCUT2D eigenvalue weighted by Crippen LogP contribution is -2.52. The number of ether oxygens (including phenoxy) is 1. The number of benzene rings is 2. The van der Waals surface area contributed by atoms with Crippen LogP contribution in [0.25, 0.3) is 0 Å². The predicted molar refractivity (Wildman–Crippen MR) is 142 cm³/mol. The van der Waals surface area contributed by atoms with Crippen molar-refractivity contribution in [2.75, 3.05) is 24.2 Å². The molecule has 1 aliphatic rings. The lowest BCUT2D eigenvalue weighted by atomic mass is 10.1. The molecule has 0 heterocycles. The van der Waals surface area contributed by atoms with E-state index in [0.29, 0.717) is 10.8 Å². The van der Waals surface area contributed by atoms with Gasteiger partial charge < -0.3 is 15.0 Å². The van der Waals surface area contributed by atoms with Crippen molar-refractivity contribution in [1.82, 2.24) is 10.2 Å². The molecule has 196 valence electrons. The first-order chi connectivity index (χ1) is 17.0. The fourth-order valence-electron chi connectivity index (χ4n) is 4.19. The van der Waals surface area contributed by atoms with Crippen molar-refractivity contribution in [3.63, 3.8) is 0 Å². The highest BCUT2D eigenvalue weighted by Crippen LogP contribution is 2.30. The Morgan fingerprint density at radius 1 is 1.11 bits per heavy atom. The van der Waals surface area contributed by atoms with Crippen molar-refractivity contribution in [2.24, 2.45) is 0 Å². The van der Waals surface area contributed by atoms with E-state index >= 15 is 0 Å². The second-order valence-electron chi connectivity index (χ2n) is 8.90. The average molecular weight is 557 g/mol. The van der Waals surface area contributed by atoms with E-state index in [9.17, 15) is 18.0 Å². The summed E-state index contributed by atoms with van der Waals surface area (Å²) in [5.74, 6) is -0.430. The Labute approximate surface area is 222 Å². The van der Waals surface area contributed by atoms with Crippen LogP contribution in [-0.2, 0) is 26.2 Å². The summed E-state index contributed by atoms with van der Waals surface area (Å²) < 4.78 is 31.5. The Kier molecular flexibility index (Phi) is 9.49. The second-order valence-corrected chi connectivity index (χ2v) is 11.7. The third-order valence-electron chi connectivity index (χ3n) is 6.24. The molecule has 1 aliphatic carbocycles. The second kappa shape index (κ2) is 12.2. The van der Waals surface area contributed by atoms with Gasteiger partial charge in [-0.3, -0.25) is 13.9 Å². The SMILES string of the molecule is COc1ccc(N(CC(=O)N(Cc2ccc(Cl)cc2)[C@@H](C)C(=O)NC2CCCC2)S(C)(=O)=O)cc1Cl. The molecule has 0 aliphatic heterocycles. The summed E-state index contributed by atoms with van der Waals surface area (Å²) in [6.07, 6.45) is 4.94. The van der Waals surface area contributed by atoms with E-state index in [1.54, 1.807) is 31.2 Å². The fraction of sp³-hybridized carbons (Fsp3) is 0.440. The third-order valence-corrected chi connectivity index (χ3v) is 7.93. The van der Waals surface area contributed by atoms with Crippen molar-refractivity contribution in [1.29, 1.82) is 0 Å². The number of hydrogen-bond acceptors (Lipinski definition) is 5. The molecule has 0 spiro atoms. The zero-order valence-electron chi connectivity index (χ0n) is 20.5. The first-order valence-corrected chi connectivity index (χ1v) is 14.3. The minimum atomic E-state index is -3.86. The first-order valence-electron chi connectivity index (χ1n) is 11.6. The van der Waals surface area contributed by atoms with Gasteiger partial charge in [-0.05, 0) is 55.7 Å². The van der Waals surface area contributed by atoms with Crippen LogP contribution >= 0.6 is 23.2 Å². The molecule has 36 heavy (non-hydrogen) atoms. The fourth-order valence-corrected chi connectivity index (χ4v) is 5.40. The molecule has 0 saturated heterocycles. The van der Waals surface area contributed by atoms with E-state index in [1.165, 1.54) is 30.2 Å². The van der Waals surface area contributed by atoms with E-state index in [0.717, 1.165) is 41.8 Å². The number of carbonyl (C=O) groups excluding carboxylic acids is 2. The summed E-state index contributed by atoms with van der Waals surface area (Å²) in [6.45, 7) is 1.25. The van der Waals surface area contributed by atoms with E-state index < -0.39 is 28.5 Å². The Morgan fingerprint density at radius 2 is 1.75 bits per heavy atom. The van der Waals surface area contributed by atoms with Crippen molar-refractivity contribution in [2.45, 2.75) is 51.2 Å². The van der Waals surface area contributed by atoms with E-state index in [-0.39, 0.29) is 29.2 Å². The molecule has 0 aromatic heterocycles. The number of halogens is 2. The summed E-state index contributed by atoms with van der Waals surface area (Å²) in [5, 5.41) is 3.78. The number of sulfonamides is 1. The molecule has 2 aromatic carbocycles. The molecule has 0 radical (unpaired) electrons. The zero-order chi connectivity index (χ0) is 26.5. The topological polar surface area (TPSA) is 96.0 Å².